The molecule has 3 heterocycles. The molecule has 0 radical (unpaired) electrons. The highest BCUT2D eigenvalue weighted by atomic mass is 32.2. The molecule has 4 aromatic rings. The second kappa shape index (κ2) is 7.34. The molecule has 0 fully saturated rings. The van der Waals surface area contributed by atoms with Gasteiger partial charge < -0.3 is 0 Å². The van der Waals surface area contributed by atoms with Gasteiger partial charge in [0, 0.05) is 28.6 Å². The Morgan fingerprint density at radius 2 is 1.92 bits per heavy atom. The van der Waals surface area contributed by atoms with E-state index in [0.29, 0.717) is 6.54 Å². The Morgan fingerprint density at radius 1 is 1.12 bits per heavy atom. The molecule has 0 aliphatic heterocycles. The number of fused-ring (bicyclic) bond motifs is 1. The van der Waals surface area contributed by atoms with Gasteiger partial charge >= 0.3 is 0 Å². The number of thiazole rings is 1. The Bertz CT molecular complexity index is 1110. The SMILES string of the molecule is CCn1c(SCc2csc(C)n2)nc2scc(-c3ccccc3)c2c1=O. The zero-order valence-electron chi connectivity index (χ0n) is 14.4. The Kier molecular flexibility index (Phi) is 4.93. The maximum absolute atomic E-state index is 13.2. The van der Waals surface area contributed by atoms with Gasteiger partial charge in [-0.1, -0.05) is 42.1 Å². The lowest BCUT2D eigenvalue weighted by molar-refractivity contribution is 0.635. The first-order valence-corrected chi connectivity index (χ1v) is 11.0. The second-order valence-electron chi connectivity index (χ2n) is 5.79. The number of benzene rings is 1. The summed E-state index contributed by atoms with van der Waals surface area (Å²) in [7, 11) is 0. The van der Waals surface area contributed by atoms with Crippen LogP contribution in [-0.2, 0) is 12.3 Å². The summed E-state index contributed by atoms with van der Waals surface area (Å²) in [6.07, 6.45) is 0. The molecule has 0 spiro atoms. The molecule has 0 atom stereocenters. The van der Waals surface area contributed by atoms with Gasteiger partial charge in [-0.2, -0.15) is 0 Å². The van der Waals surface area contributed by atoms with Gasteiger partial charge in [0.05, 0.1) is 16.1 Å². The molecule has 0 aliphatic carbocycles. The third-order valence-corrected chi connectivity index (χ3v) is 6.78. The molecular weight excluding hydrogens is 382 g/mol. The van der Waals surface area contributed by atoms with Gasteiger partial charge in [0.15, 0.2) is 5.16 Å². The van der Waals surface area contributed by atoms with Gasteiger partial charge in [0.25, 0.3) is 5.56 Å². The van der Waals surface area contributed by atoms with Crippen molar-refractivity contribution in [2.45, 2.75) is 31.3 Å². The predicted molar refractivity (Wildman–Crippen MR) is 111 cm³/mol. The van der Waals surface area contributed by atoms with Crippen LogP contribution in [0.15, 0.2) is 51.0 Å². The molecule has 4 rings (SSSR count). The van der Waals surface area contributed by atoms with Crippen molar-refractivity contribution < 1.29 is 0 Å². The van der Waals surface area contributed by atoms with Crippen molar-refractivity contribution in [2.24, 2.45) is 0 Å². The van der Waals surface area contributed by atoms with Gasteiger partial charge in [-0.15, -0.1) is 22.7 Å². The summed E-state index contributed by atoms with van der Waals surface area (Å²) in [5.74, 6) is 0.721. The molecular formula is C19H17N3OS3. The van der Waals surface area contributed by atoms with E-state index in [-0.39, 0.29) is 5.56 Å². The minimum absolute atomic E-state index is 0.0366. The Morgan fingerprint density at radius 3 is 2.62 bits per heavy atom. The van der Waals surface area contributed by atoms with E-state index in [2.05, 4.69) is 10.4 Å². The van der Waals surface area contributed by atoms with Crippen LogP contribution in [0.1, 0.15) is 17.6 Å². The molecule has 4 nitrogen and oxygen atoms in total. The van der Waals surface area contributed by atoms with E-state index in [9.17, 15) is 4.79 Å². The van der Waals surface area contributed by atoms with E-state index in [1.807, 2.05) is 49.6 Å². The van der Waals surface area contributed by atoms with Crippen LogP contribution in [0.2, 0.25) is 0 Å². The summed E-state index contributed by atoms with van der Waals surface area (Å²) in [4.78, 5) is 23.2. The van der Waals surface area contributed by atoms with Crippen LogP contribution in [0.5, 0.6) is 0 Å². The lowest BCUT2D eigenvalue weighted by Crippen LogP contribution is -2.22. The quantitative estimate of drug-likeness (QED) is 0.342. The molecule has 0 amide bonds. The lowest BCUT2D eigenvalue weighted by atomic mass is 10.1. The summed E-state index contributed by atoms with van der Waals surface area (Å²) in [5.41, 5.74) is 3.09. The minimum Gasteiger partial charge on any atom is -0.287 e. The number of rotatable bonds is 5. The van der Waals surface area contributed by atoms with Gasteiger partial charge in [-0.25, -0.2) is 9.97 Å². The number of thiophene rings is 1. The molecule has 0 N–H and O–H groups in total. The van der Waals surface area contributed by atoms with E-state index in [0.717, 1.165) is 43.0 Å². The van der Waals surface area contributed by atoms with E-state index in [4.69, 9.17) is 4.98 Å². The van der Waals surface area contributed by atoms with Gasteiger partial charge in [-0.3, -0.25) is 9.36 Å². The molecule has 132 valence electrons. The van der Waals surface area contributed by atoms with Crippen LogP contribution in [0.25, 0.3) is 21.3 Å². The van der Waals surface area contributed by atoms with E-state index >= 15 is 0 Å². The van der Waals surface area contributed by atoms with Gasteiger partial charge in [-0.05, 0) is 19.4 Å². The molecule has 26 heavy (non-hydrogen) atoms. The number of thioether (sulfide) groups is 1. The van der Waals surface area contributed by atoms with Gasteiger partial charge in [0.1, 0.15) is 4.83 Å². The monoisotopic (exact) mass is 399 g/mol. The summed E-state index contributed by atoms with van der Waals surface area (Å²) in [6, 6.07) is 10.0. The molecule has 1 aromatic carbocycles. The van der Waals surface area contributed by atoms with Crippen LogP contribution in [0.4, 0.5) is 0 Å². The number of aryl methyl sites for hydroxylation is 1. The van der Waals surface area contributed by atoms with Crippen LogP contribution in [0.3, 0.4) is 0 Å². The summed E-state index contributed by atoms with van der Waals surface area (Å²) in [6.45, 7) is 4.59. The first kappa shape index (κ1) is 17.5. The van der Waals surface area contributed by atoms with E-state index in [1.54, 1.807) is 27.7 Å². The first-order chi connectivity index (χ1) is 12.7. The standard InChI is InChI=1S/C19H17N3OS3/c1-3-22-18(23)16-15(13-7-5-4-6-8-13)11-25-17(16)21-19(22)26-10-14-9-24-12(2)20-14/h4-9,11H,3,10H2,1-2H3. The van der Waals surface area contributed by atoms with E-state index in [1.165, 1.54) is 11.3 Å². The molecule has 3 aromatic heterocycles. The second-order valence-corrected chi connectivity index (χ2v) is 8.65. The largest absolute Gasteiger partial charge is 0.287 e. The Hall–Kier alpha value is -1.96. The molecule has 0 bridgehead atoms. The molecule has 7 heteroatoms. The van der Waals surface area contributed by atoms with Crippen molar-refractivity contribution in [3.05, 3.63) is 62.1 Å². The Balaban J connectivity index is 1.77. The average molecular weight is 400 g/mol. The third-order valence-electron chi connectivity index (χ3n) is 4.08. The fraction of sp³-hybridized carbons (Fsp3) is 0.211. The average Bonchev–Trinajstić information content (AvgIpc) is 3.27. The fourth-order valence-corrected chi connectivity index (χ4v) is 5.50. The van der Waals surface area contributed by atoms with Crippen LogP contribution < -0.4 is 5.56 Å². The normalized spacial score (nSPS) is 11.3. The van der Waals surface area contributed by atoms with Gasteiger partial charge in [0.2, 0.25) is 0 Å². The van der Waals surface area contributed by atoms with Crippen molar-refractivity contribution in [1.82, 2.24) is 14.5 Å². The summed E-state index contributed by atoms with van der Waals surface area (Å²) >= 11 is 4.75. The molecule has 0 unspecified atom stereocenters. The first-order valence-electron chi connectivity index (χ1n) is 8.28. The van der Waals surface area contributed by atoms with Crippen molar-refractivity contribution >= 4 is 44.7 Å². The van der Waals surface area contributed by atoms with Crippen LogP contribution >= 0.6 is 34.4 Å². The zero-order valence-corrected chi connectivity index (χ0v) is 16.9. The summed E-state index contributed by atoms with van der Waals surface area (Å²) < 4.78 is 1.77. The highest BCUT2D eigenvalue weighted by Gasteiger charge is 2.17. The number of hydrogen-bond acceptors (Lipinski definition) is 6. The number of hydrogen-bond donors (Lipinski definition) is 0. The molecule has 0 saturated heterocycles. The van der Waals surface area contributed by atoms with Crippen molar-refractivity contribution in [3.8, 4) is 11.1 Å². The van der Waals surface area contributed by atoms with Crippen LogP contribution in [0, 0.1) is 6.92 Å². The zero-order chi connectivity index (χ0) is 18.1. The van der Waals surface area contributed by atoms with Crippen molar-refractivity contribution in [2.75, 3.05) is 0 Å². The number of aromatic nitrogens is 3. The highest BCUT2D eigenvalue weighted by molar-refractivity contribution is 7.98. The Labute approximate surface area is 163 Å². The summed E-state index contributed by atoms with van der Waals surface area (Å²) in [5, 5.41) is 6.64. The lowest BCUT2D eigenvalue weighted by Gasteiger charge is -2.10. The smallest absolute Gasteiger partial charge is 0.263 e. The van der Waals surface area contributed by atoms with E-state index < -0.39 is 0 Å². The van der Waals surface area contributed by atoms with Crippen molar-refractivity contribution in [3.63, 3.8) is 0 Å². The molecule has 0 aliphatic rings. The predicted octanol–water partition coefficient (Wildman–Crippen LogP) is 5.20. The maximum atomic E-state index is 13.2. The minimum atomic E-state index is 0.0366. The van der Waals surface area contributed by atoms with Crippen molar-refractivity contribution in [1.29, 1.82) is 0 Å². The van der Waals surface area contributed by atoms with Crippen LogP contribution in [-0.4, -0.2) is 14.5 Å². The third kappa shape index (κ3) is 3.22. The fourth-order valence-electron chi connectivity index (χ4n) is 2.84. The number of nitrogens with zero attached hydrogens (tertiary/aromatic N) is 3. The topological polar surface area (TPSA) is 47.8 Å². The highest BCUT2D eigenvalue weighted by Crippen LogP contribution is 2.32. The maximum Gasteiger partial charge on any atom is 0.263 e. The molecule has 0 saturated carbocycles.